The van der Waals surface area contributed by atoms with E-state index in [0.29, 0.717) is 33.0 Å². The van der Waals surface area contributed by atoms with Gasteiger partial charge in [0.2, 0.25) is 0 Å². The highest BCUT2D eigenvalue weighted by Gasteiger charge is 2.12. The lowest BCUT2D eigenvalue weighted by molar-refractivity contribution is -0.139. The molecule has 0 unspecified atom stereocenters. The molecule has 192 valence electrons. The molecular weight excluding hydrogens is 515 g/mol. The first-order valence-electron chi connectivity index (χ1n) is 11.4. The second-order valence-electron chi connectivity index (χ2n) is 8.31. The Balaban J connectivity index is 1.44. The van der Waals surface area contributed by atoms with Crippen LogP contribution in [-0.4, -0.2) is 30.5 Å². The van der Waals surface area contributed by atoms with Crippen LogP contribution in [0.1, 0.15) is 36.5 Å². The zero-order valence-corrected chi connectivity index (χ0v) is 21.8. The van der Waals surface area contributed by atoms with Gasteiger partial charge in [0.15, 0.2) is 6.61 Å². The number of hydrazone groups is 1. The van der Waals surface area contributed by atoms with Gasteiger partial charge in [-0.2, -0.15) is 5.10 Å². The minimum absolute atomic E-state index is 0.228. The number of nitrogens with one attached hydrogen (secondary N) is 3. The van der Waals surface area contributed by atoms with Gasteiger partial charge in [0.25, 0.3) is 5.91 Å². The van der Waals surface area contributed by atoms with Gasteiger partial charge in [0.05, 0.1) is 16.9 Å². The summed E-state index contributed by atoms with van der Waals surface area (Å²) in [5.74, 6) is -1.26. The molecule has 3 aromatic rings. The molecule has 0 radical (unpaired) electrons. The van der Waals surface area contributed by atoms with Crippen molar-refractivity contribution < 1.29 is 19.1 Å². The normalized spacial score (nSPS) is 10.8. The fourth-order valence-electron chi connectivity index (χ4n) is 3.11. The van der Waals surface area contributed by atoms with Gasteiger partial charge in [0, 0.05) is 11.6 Å². The van der Waals surface area contributed by atoms with Crippen molar-refractivity contribution in [3.05, 3.63) is 93.5 Å². The summed E-state index contributed by atoms with van der Waals surface area (Å²) in [6.45, 7) is 4.18. The number of rotatable bonds is 9. The van der Waals surface area contributed by atoms with Crippen molar-refractivity contribution in [2.24, 2.45) is 5.10 Å². The average molecular weight is 541 g/mol. The largest absolute Gasteiger partial charge is 0.484 e. The quantitative estimate of drug-likeness (QED) is 0.203. The number of carbonyl (C=O) groups is 3. The van der Waals surface area contributed by atoms with Crippen molar-refractivity contribution in [2.45, 2.75) is 26.3 Å². The first-order chi connectivity index (χ1) is 17.7. The molecule has 0 aliphatic heterocycles. The zero-order chi connectivity index (χ0) is 26.8. The smallest absolute Gasteiger partial charge is 0.329 e. The molecule has 8 nitrogen and oxygen atoms in total. The molecule has 0 saturated carbocycles. The fraction of sp³-hybridized carbons (Fsp3) is 0.185. The number of carbonyl (C=O) groups excluding carboxylic acids is 3. The van der Waals surface area contributed by atoms with Crippen molar-refractivity contribution in [3.63, 3.8) is 0 Å². The number of amides is 3. The minimum atomic E-state index is -0.889. The third-order valence-electron chi connectivity index (χ3n) is 5.12. The van der Waals surface area contributed by atoms with Crippen LogP contribution in [0.5, 0.6) is 5.75 Å². The van der Waals surface area contributed by atoms with E-state index in [1.807, 2.05) is 24.3 Å². The Labute approximate surface area is 225 Å². The Morgan fingerprint density at radius 1 is 0.973 bits per heavy atom. The van der Waals surface area contributed by atoms with E-state index in [1.54, 1.807) is 36.4 Å². The van der Waals surface area contributed by atoms with Gasteiger partial charge in [-0.3, -0.25) is 14.4 Å². The molecule has 3 amide bonds. The third kappa shape index (κ3) is 8.93. The van der Waals surface area contributed by atoms with E-state index in [4.69, 9.17) is 27.9 Å². The highest BCUT2D eigenvalue weighted by Crippen LogP contribution is 2.25. The molecule has 0 atom stereocenters. The number of halogens is 2. The topological polar surface area (TPSA) is 109 Å². The summed E-state index contributed by atoms with van der Waals surface area (Å²) < 4.78 is 5.51. The van der Waals surface area contributed by atoms with E-state index >= 15 is 0 Å². The zero-order valence-electron chi connectivity index (χ0n) is 20.3. The first kappa shape index (κ1) is 27.7. The molecule has 3 aromatic carbocycles. The molecule has 0 saturated heterocycles. The van der Waals surface area contributed by atoms with E-state index in [9.17, 15) is 14.4 Å². The molecule has 10 heteroatoms. The van der Waals surface area contributed by atoms with Gasteiger partial charge in [-0.05, 0) is 52.9 Å². The van der Waals surface area contributed by atoms with Crippen LogP contribution < -0.4 is 20.8 Å². The SMILES string of the molecule is CC(C)c1ccc(CNC(=O)C(=O)N/N=C\c2cccc(OCC(=O)Nc3ccc(Cl)cc3Cl)c2)cc1. The van der Waals surface area contributed by atoms with E-state index < -0.39 is 17.7 Å². The van der Waals surface area contributed by atoms with Gasteiger partial charge >= 0.3 is 11.8 Å². The van der Waals surface area contributed by atoms with E-state index in [2.05, 4.69) is 35.0 Å². The molecule has 0 aliphatic rings. The molecule has 3 N–H and O–H groups in total. The number of hydrogen-bond donors (Lipinski definition) is 3. The Hall–Kier alpha value is -3.88. The Morgan fingerprint density at radius 2 is 1.73 bits per heavy atom. The molecule has 0 heterocycles. The lowest BCUT2D eigenvalue weighted by Crippen LogP contribution is -2.37. The molecule has 3 rings (SSSR count). The predicted octanol–water partition coefficient (Wildman–Crippen LogP) is 4.90. The number of benzene rings is 3. The van der Waals surface area contributed by atoms with Crippen molar-refractivity contribution in [1.82, 2.24) is 10.7 Å². The molecule has 37 heavy (non-hydrogen) atoms. The van der Waals surface area contributed by atoms with Crippen LogP contribution in [0.2, 0.25) is 10.0 Å². The van der Waals surface area contributed by atoms with Gasteiger partial charge in [0.1, 0.15) is 5.75 Å². The van der Waals surface area contributed by atoms with Crippen LogP contribution in [0.3, 0.4) is 0 Å². The van der Waals surface area contributed by atoms with Gasteiger partial charge in [-0.1, -0.05) is 73.4 Å². The molecule has 0 spiro atoms. The van der Waals surface area contributed by atoms with Crippen LogP contribution in [-0.2, 0) is 20.9 Å². The molecule has 0 aliphatic carbocycles. The second-order valence-corrected chi connectivity index (χ2v) is 9.16. The summed E-state index contributed by atoms with van der Waals surface area (Å²) >= 11 is 11.9. The summed E-state index contributed by atoms with van der Waals surface area (Å²) in [6.07, 6.45) is 1.36. The molecule has 0 bridgehead atoms. The lowest BCUT2D eigenvalue weighted by atomic mass is 10.0. The van der Waals surface area contributed by atoms with Crippen LogP contribution >= 0.6 is 23.2 Å². The van der Waals surface area contributed by atoms with Crippen molar-refractivity contribution in [3.8, 4) is 5.75 Å². The minimum Gasteiger partial charge on any atom is -0.484 e. The maximum absolute atomic E-state index is 12.2. The number of nitrogens with zero attached hydrogens (tertiary/aromatic N) is 1. The average Bonchev–Trinajstić information content (AvgIpc) is 2.88. The fourth-order valence-corrected chi connectivity index (χ4v) is 3.57. The van der Waals surface area contributed by atoms with Crippen molar-refractivity contribution in [1.29, 1.82) is 0 Å². The van der Waals surface area contributed by atoms with Crippen LogP contribution in [0.15, 0.2) is 71.8 Å². The predicted molar refractivity (Wildman–Crippen MR) is 145 cm³/mol. The van der Waals surface area contributed by atoms with E-state index in [-0.39, 0.29) is 13.2 Å². The standard InChI is InChI=1S/C27H26Cl2N4O4/c1-17(2)20-8-6-18(7-9-20)14-30-26(35)27(36)33-31-15-19-4-3-5-22(12-19)37-16-25(34)32-24-11-10-21(28)13-23(24)29/h3-13,15,17H,14,16H2,1-2H3,(H,30,35)(H,32,34)(H,33,36)/b31-15-. The summed E-state index contributed by atoms with van der Waals surface area (Å²) in [6, 6.07) is 19.3. The first-order valence-corrected chi connectivity index (χ1v) is 12.1. The highest BCUT2D eigenvalue weighted by molar-refractivity contribution is 6.36. The Bertz CT molecular complexity index is 1290. The van der Waals surface area contributed by atoms with Gasteiger partial charge in [-0.15, -0.1) is 0 Å². The van der Waals surface area contributed by atoms with Crippen LogP contribution in [0.25, 0.3) is 0 Å². The third-order valence-corrected chi connectivity index (χ3v) is 5.67. The molecular formula is C27H26Cl2N4O4. The second kappa shape index (κ2) is 13.4. The summed E-state index contributed by atoms with van der Waals surface area (Å²) in [7, 11) is 0. The number of hydrogen-bond acceptors (Lipinski definition) is 5. The number of ether oxygens (including phenoxy) is 1. The summed E-state index contributed by atoms with van der Waals surface area (Å²) in [5.41, 5.74) is 5.28. The summed E-state index contributed by atoms with van der Waals surface area (Å²) in [5, 5.41) is 9.79. The Morgan fingerprint density at radius 3 is 2.43 bits per heavy atom. The van der Waals surface area contributed by atoms with Crippen molar-refractivity contribution >= 4 is 52.8 Å². The van der Waals surface area contributed by atoms with E-state index in [1.165, 1.54) is 17.8 Å². The monoisotopic (exact) mass is 540 g/mol. The molecule has 0 aromatic heterocycles. The van der Waals surface area contributed by atoms with E-state index in [0.717, 1.165) is 5.56 Å². The number of anilines is 1. The maximum atomic E-state index is 12.2. The molecule has 0 fully saturated rings. The maximum Gasteiger partial charge on any atom is 0.329 e. The van der Waals surface area contributed by atoms with Gasteiger partial charge < -0.3 is 15.4 Å². The summed E-state index contributed by atoms with van der Waals surface area (Å²) in [4.78, 5) is 36.2. The Kier molecular flexibility index (Phi) is 10.1. The van der Waals surface area contributed by atoms with Crippen LogP contribution in [0, 0.1) is 0 Å². The highest BCUT2D eigenvalue weighted by atomic mass is 35.5. The van der Waals surface area contributed by atoms with Crippen molar-refractivity contribution in [2.75, 3.05) is 11.9 Å². The van der Waals surface area contributed by atoms with Gasteiger partial charge in [-0.25, -0.2) is 5.43 Å². The lowest BCUT2D eigenvalue weighted by Gasteiger charge is -2.09. The van der Waals surface area contributed by atoms with Crippen LogP contribution in [0.4, 0.5) is 5.69 Å².